The predicted molar refractivity (Wildman–Crippen MR) is 113 cm³/mol. The molecular formula is C21H15ClF3N5O2. The summed E-state index contributed by atoms with van der Waals surface area (Å²) in [5, 5.41) is 7.06. The van der Waals surface area contributed by atoms with Crippen molar-refractivity contribution in [1.29, 1.82) is 0 Å². The predicted octanol–water partition coefficient (Wildman–Crippen LogP) is 4.20. The number of rotatable bonds is 4. The van der Waals surface area contributed by atoms with Crippen LogP contribution in [0, 0.1) is 6.92 Å². The number of amides is 1. The van der Waals surface area contributed by atoms with E-state index in [1.807, 2.05) is 6.92 Å². The molecule has 0 spiro atoms. The van der Waals surface area contributed by atoms with Crippen LogP contribution in [0.15, 0.2) is 59.8 Å². The van der Waals surface area contributed by atoms with Crippen molar-refractivity contribution in [2.75, 3.05) is 5.32 Å². The molecule has 1 N–H and O–H groups in total. The molecule has 1 amide bonds. The first-order valence-corrected chi connectivity index (χ1v) is 9.68. The lowest BCUT2D eigenvalue weighted by molar-refractivity contribution is -0.137. The van der Waals surface area contributed by atoms with Gasteiger partial charge in [-0.2, -0.15) is 18.3 Å². The van der Waals surface area contributed by atoms with Crippen LogP contribution in [0.3, 0.4) is 0 Å². The second-order valence-corrected chi connectivity index (χ2v) is 7.46. The highest BCUT2D eigenvalue weighted by Crippen LogP contribution is 2.30. The molecule has 2 heterocycles. The first-order chi connectivity index (χ1) is 15.1. The summed E-state index contributed by atoms with van der Waals surface area (Å²) in [7, 11) is 0. The number of aryl methyl sites for hydroxylation is 1. The van der Waals surface area contributed by atoms with Crippen LogP contribution in [0.25, 0.3) is 16.7 Å². The number of carbonyl (C=O) groups is 1. The second-order valence-electron chi connectivity index (χ2n) is 7.05. The van der Waals surface area contributed by atoms with Gasteiger partial charge >= 0.3 is 6.18 Å². The molecular weight excluding hydrogens is 447 g/mol. The SMILES string of the molecule is Cc1ccc(NC(=O)Cn2cnc3c(cnn3-c3cccc(C(F)(F)F)c3)c2=O)c(Cl)c1. The van der Waals surface area contributed by atoms with E-state index in [9.17, 15) is 22.8 Å². The lowest BCUT2D eigenvalue weighted by Crippen LogP contribution is -2.28. The van der Waals surface area contributed by atoms with E-state index in [4.69, 9.17) is 11.6 Å². The summed E-state index contributed by atoms with van der Waals surface area (Å²) in [6, 6.07) is 9.65. The van der Waals surface area contributed by atoms with E-state index in [-0.39, 0.29) is 23.3 Å². The van der Waals surface area contributed by atoms with Crippen LogP contribution in [0.1, 0.15) is 11.1 Å². The van der Waals surface area contributed by atoms with Crippen molar-refractivity contribution in [3.8, 4) is 5.69 Å². The quantitative estimate of drug-likeness (QED) is 0.494. The number of hydrogen-bond acceptors (Lipinski definition) is 4. The largest absolute Gasteiger partial charge is 0.416 e. The van der Waals surface area contributed by atoms with Gasteiger partial charge in [0, 0.05) is 0 Å². The third-order valence-corrected chi connectivity index (χ3v) is 5.00. The minimum atomic E-state index is -4.52. The van der Waals surface area contributed by atoms with Crippen LogP contribution in [0.2, 0.25) is 5.02 Å². The van der Waals surface area contributed by atoms with Crippen molar-refractivity contribution in [3.05, 3.63) is 81.5 Å². The molecule has 0 saturated carbocycles. The van der Waals surface area contributed by atoms with Gasteiger partial charge in [0.05, 0.1) is 28.2 Å². The van der Waals surface area contributed by atoms with Gasteiger partial charge < -0.3 is 5.32 Å². The van der Waals surface area contributed by atoms with E-state index in [0.717, 1.165) is 33.3 Å². The van der Waals surface area contributed by atoms with Gasteiger partial charge in [0.15, 0.2) is 5.65 Å². The lowest BCUT2D eigenvalue weighted by atomic mass is 10.2. The molecule has 0 aliphatic heterocycles. The maximum absolute atomic E-state index is 13.0. The Morgan fingerprint density at radius 3 is 2.69 bits per heavy atom. The van der Waals surface area contributed by atoms with Gasteiger partial charge in [0.25, 0.3) is 5.56 Å². The highest BCUT2D eigenvalue weighted by Gasteiger charge is 2.30. The monoisotopic (exact) mass is 461 g/mol. The van der Waals surface area contributed by atoms with Gasteiger partial charge in [0.1, 0.15) is 18.3 Å². The fourth-order valence-electron chi connectivity index (χ4n) is 3.13. The molecule has 0 atom stereocenters. The third-order valence-electron chi connectivity index (χ3n) is 4.69. The summed E-state index contributed by atoms with van der Waals surface area (Å²) in [5.74, 6) is -0.496. The summed E-state index contributed by atoms with van der Waals surface area (Å²) < 4.78 is 41.3. The molecule has 0 bridgehead atoms. The Kier molecular flexibility index (Phi) is 5.47. The highest BCUT2D eigenvalue weighted by atomic mass is 35.5. The first kappa shape index (κ1) is 21.6. The maximum atomic E-state index is 13.0. The fraction of sp³-hybridized carbons (Fsp3) is 0.143. The van der Waals surface area contributed by atoms with Crippen molar-refractivity contribution in [1.82, 2.24) is 19.3 Å². The summed E-state index contributed by atoms with van der Waals surface area (Å²) in [6.45, 7) is 1.53. The molecule has 2 aromatic carbocycles. The Labute approximate surface area is 184 Å². The van der Waals surface area contributed by atoms with Gasteiger partial charge in [-0.1, -0.05) is 23.7 Å². The minimum Gasteiger partial charge on any atom is -0.323 e. The van der Waals surface area contributed by atoms with Crippen LogP contribution in [0.5, 0.6) is 0 Å². The van der Waals surface area contributed by atoms with E-state index in [1.54, 1.807) is 18.2 Å². The van der Waals surface area contributed by atoms with Crippen molar-refractivity contribution in [2.24, 2.45) is 0 Å². The Morgan fingerprint density at radius 2 is 1.97 bits per heavy atom. The molecule has 0 saturated heterocycles. The van der Waals surface area contributed by atoms with E-state index < -0.39 is 23.2 Å². The van der Waals surface area contributed by atoms with Crippen molar-refractivity contribution >= 4 is 34.2 Å². The number of halogens is 4. The number of aromatic nitrogens is 4. The topological polar surface area (TPSA) is 81.8 Å². The maximum Gasteiger partial charge on any atom is 0.416 e. The van der Waals surface area contributed by atoms with Crippen molar-refractivity contribution in [3.63, 3.8) is 0 Å². The second kappa shape index (κ2) is 8.12. The molecule has 0 aliphatic rings. The number of alkyl halides is 3. The molecule has 7 nitrogen and oxygen atoms in total. The normalized spacial score (nSPS) is 11.7. The average molecular weight is 462 g/mol. The zero-order chi connectivity index (χ0) is 23.0. The number of benzene rings is 2. The van der Waals surface area contributed by atoms with Crippen molar-refractivity contribution < 1.29 is 18.0 Å². The molecule has 0 radical (unpaired) electrons. The zero-order valence-corrected chi connectivity index (χ0v) is 17.3. The van der Waals surface area contributed by atoms with E-state index in [1.165, 1.54) is 18.3 Å². The minimum absolute atomic E-state index is 0.0612. The Balaban J connectivity index is 1.62. The lowest BCUT2D eigenvalue weighted by Gasteiger charge is -2.10. The Morgan fingerprint density at radius 1 is 1.19 bits per heavy atom. The van der Waals surface area contributed by atoms with Gasteiger partial charge in [0.2, 0.25) is 5.91 Å². The number of hydrogen-bond donors (Lipinski definition) is 1. The number of nitrogens with one attached hydrogen (secondary N) is 1. The van der Waals surface area contributed by atoms with E-state index in [0.29, 0.717) is 10.7 Å². The molecule has 11 heteroatoms. The molecule has 32 heavy (non-hydrogen) atoms. The number of carbonyl (C=O) groups excluding carboxylic acids is 1. The third kappa shape index (κ3) is 4.22. The summed E-state index contributed by atoms with van der Waals surface area (Å²) in [5.41, 5.74) is 0.106. The molecule has 164 valence electrons. The summed E-state index contributed by atoms with van der Waals surface area (Å²) >= 11 is 6.11. The van der Waals surface area contributed by atoms with Gasteiger partial charge in [-0.3, -0.25) is 14.2 Å². The Hall–Kier alpha value is -3.66. The van der Waals surface area contributed by atoms with Crippen LogP contribution in [-0.2, 0) is 17.5 Å². The molecule has 0 aliphatic carbocycles. The summed E-state index contributed by atoms with van der Waals surface area (Å²) in [4.78, 5) is 29.3. The van der Waals surface area contributed by atoms with Crippen molar-refractivity contribution in [2.45, 2.75) is 19.6 Å². The smallest absolute Gasteiger partial charge is 0.323 e. The van der Waals surface area contributed by atoms with Gasteiger partial charge in [-0.05, 0) is 42.8 Å². The molecule has 4 rings (SSSR count). The number of anilines is 1. The van der Waals surface area contributed by atoms with Crippen LogP contribution in [-0.4, -0.2) is 25.2 Å². The van der Waals surface area contributed by atoms with Gasteiger partial charge in [-0.15, -0.1) is 0 Å². The van der Waals surface area contributed by atoms with Crippen LogP contribution >= 0.6 is 11.6 Å². The van der Waals surface area contributed by atoms with E-state index >= 15 is 0 Å². The standard InChI is InChI=1S/C21H15ClF3N5O2/c1-12-5-6-17(16(22)7-12)28-18(31)10-29-11-26-19-15(20(29)32)9-27-30(19)14-4-2-3-13(8-14)21(23,24)25/h2-9,11H,10H2,1H3,(H,28,31). The summed E-state index contributed by atoms with van der Waals surface area (Å²) in [6.07, 6.45) is -2.17. The van der Waals surface area contributed by atoms with Crippen LogP contribution < -0.4 is 10.9 Å². The highest BCUT2D eigenvalue weighted by molar-refractivity contribution is 6.33. The molecule has 0 unspecified atom stereocenters. The molecule has 0 fully saturated rings. The zero-order valence-electron chi connectivity index (χ0n) is 16.5. The van der Waals surface area contributed by atoms with Crippen LogP contribution in [0.4, 0.5) is 18.9 Å². The molecule has 4 aromatic rings. The molecule has 2 aromatic heterocycles. The number of fused-ring (bicyclic) bond motifs is 1. The first-order valence-electron chi connectivity index (χ1n) is 9.30. The van der Waals surface area contributed by atoms with Gasteiger partial charge in [-0.25, -0.2) is 9.67 Å². The fourth-order valence-corrected chi connectivity index (χ4v) is 3.41. The van der Waals surface area contributed by atoms with E-state index in [2.05, 4.69) is 15.4 Å². The number of nitrogens with zero attached hydrogens (tertiary/aromatic N) is 4. The Bertz CT molecular complexity index is 1390. The average Bonchev–Trinajstić information content (AvgIpc) is 3.17.